The fourth-order valence-corrected chi connectivity index (χ4v) is 2.39. The second kappa shape index (κ2) is 4.24. The first-order valence-corrected chi connectivity index (χ1v) is 5.11. The minimum absolute atomic E-state index is 0.550. The van der Waals surface area contributed by atoms with Gasteiger partial charge in [0.1, 0.15) is 0 Å². The Bertz CT molecular complexity index is 134. The van der Waals surface area contributed by atoms with Crippen LogP contribution in [-0.2, 0) is 0 Å². The van der Waals surface area contributed by atoms with Crippen molar-refractivity contribution in [3.05, 3.63) is 0 Å². The third kappa shape index (κ3) is 2.20. The van der Waals surface area contributed by atoms with Crippen LogP contribution in [-0.4, -0.2) is 6.04 Å². The number of rotatable bonds is 2. The van der Waals surface area contributed by atoms with Crippen LogP contribution in [0.1, 0.15) is 40.0 Å². The van der Waals surface area contributed by atoms with Crippen molar-refractivity contribution in [3.8, 4) is 0 Å². The van der Waals surface area contributed by atoms with Gasteiger partial charge in [-0.1, -0.05) is 27.2 Å². The number of nitrogens with one attached hydrogen (secondary N) is 1. The molecule has 0 spiro atoms. The minimum Gasteiger partial charge on any atom is -0.271 e. The number of hydrogen-bond acceptors (Lipinski definition) is 2. The van der Waals surface area contributed by atoms with Gasteiger partial charge in [0.05, 0.1) is 0 Å². The zero-order valence-corrected chi connectivity index (χ0v) is 8.51. The molecule has 0 aromatic carbocycles. The molecule has 2 nitrogen and oxygen atoms in total. The molecule has 0 aromatic rings. The SMILES string of the molecule is CC(C)[C@@H]1CC[C@H](C)C[C@H]1NN. The fourth-order valence-electron chi connectivity index (χ4n) is 2.39. The largest absolute Gasteiger partial charge is 0.271 e. The van der Waals surface area contributed by atoms with Gasteiger partial charge in [0.2, 0.25) is 0 Å². The Morgan fingerprint density at radius 3 is 2.50 bits per heavy atom. The Kier molecular flexibility index (Phi) is 3.53. The Morgan fingerprint density at radius 2 is 2.00 bits per heavy atom. The van der Waals surface area contributed by atoms with Crippen LogP contribution >= 0.6 is 0 Å². The molecule has 1 aliphatic carbocycles. The van der Waals surface area contributed by atoms with Gasteiger partial charge < -0.3 is 0 Å². The third-order valence-corrected chi connectivity index (χ3v) is 3.24. The first-order valence-electron chi connectivity index (χ1n) is 5.11. The molecule has 0 radical (unpaired) electrons. The van der Waals surface area contributed by atoms with E-state index in [1.807, 2.05) is 0 Å². The van der Waals surface area contributed by atoms with Crippen molar-refractivity contribution in [1.29, 1.82) is 0 Å². The Morgan fingerprint density at radius 1 is 1.33 bits per heavy atom. The molecule has 1 aliphatic rings. The van der Waals surface area contributed by atoms with Gasteiger partial charge in [0.15, 0.2) is 0 Å². The first kappa shape index (κ1) is 10.0. The maximum absolute atomic E-state index is 5.54. The summed E-state index contributed by atoms with van der Waals surface area (Å²) in [4.78, 5) is 0. The van der Waals surface area contributed by atoms with Crippen LogP contribution < -0.4 is 11.3 Å². The summed E-state index contributed by atoms with van der Waals surface area (Å²) in [5.41, 5.74) is 2.97. The van der Waals surface area contributed by atoms with E-state index in [1.165, 1.54) is 19.3 Å². The molecular formula is C10H22N2. The van der Waals surface area contributed by atoms with Gasteiger partial charge in [0.25, 0.3) is 0 Å². The molecule has 3 atom stereocenters. The van der Waals surface area contributed by atoms with Crippen molar-refractivity contribution in [1.82, 2.24) is 5.43 Å². The molecule has 2 heteroatoms. The molecule has 0 saturated heterocycles. The molecule has 3 N–H and O–H groups in total. The van der Waals surface area contributed by atoms with Crippen molar-refractivity contribution in [2.45, 2.75) is 46.1 Å². The van der Waals surface area contributed by atoms with Crippen molar-refractivity contribution in [2.24, 2.45) is 23.6 Å². The van der Waals surface area contributed by atoms with Gasteiger partial charge in [0, 0.05) is 6.04 Å². The van der Waals surface area contributed by atoms with E-state index < -0.39 is 0 Å². The standard InChI is InChI=1S/C10H22N2/c1-7(2)9-5-4-8(3)6-10(9)12-11/h7-10,12H,4-6,11H2,1-3H3/t8-,9-,10+/m0/s1. The summed E-state index contributed by atoms with van der Waals surface area (Å²) in [5.74, 6) is 7.94. The average molecular weight is 170 g/mol. The highest BCUT2D eigenvalue weighted by Crippen LogP contribution is 2.32. The van der Waals surface area contributed by atoms with Crippen molar-refractivity contribution < 1.29 is 0 Å². The van der Waals surface area contributed by atoms with Crippen LogP contribution in [0.15, 0.2) is 0 Å². The van der Waals surface area contributed by atoms with Gasteiger partial charge in [-0.25, -0.2) is 0 Å². The lowest BCUT2D eigenvalue weighted by molar-refractivity contribution is 0.171. The number of hydrazine groups is 1. The molecule has 72 valence electrons. The number of nitrogens with two attached hydrogens (primary N) is 1. The van der Waals surface area contributed by atoms with E-state index >= 15 is 0 Å². The zero-order valence-electron chi connectivity index (χ0n) is 8.51. The molecule has 0 unspecified atom stereocenters. The van der Waals surface area contributed by atoms with Crippen LogP contribution in [0.2, 0.25) is 0 Å². The third-order valence-electron chi connectivity index (χ3n) is 3.24. The molecule has 1 fully saturated rings. The predicted molar refractivity (Wildman–Crippen MR) is 52.5 cm³/mol. The number of hydrogen-bond donors (Lipinski definition) is 2. The lowest BCUT2D eigenvalue weighted by Crippen LogP contribution is -2.46. The monoisotopic (exact) mass is 170 g/mol. The van der Waals surface area contributed by atoms with Crippen molar-refractivity contribution in [2.75, 3.05) is 0 Å². The summed E-state index contributed by atoms with van der Waals surface area (Å²) in [5, 5.41) is 0. The van der Waals surface area contributed by atoms with Gasteiger partial charge in [-0.2, -0.15) is 0 Å². The summed E-state index contributed by atoms with van der Waals surface area (Å²) in [6.07, 6.45) is 3.97. The molecule has 0 aromatic heterocycles. The van der Waals surface area contributed by atoms with Crippen LogP contribution in [0, 0.1) is 17.8 Å². The second-order valence-corrected chi connectivity index (χ2v) is 4.60. The summed E-state index contributed by atoms with van der Waals surface area (Å²) >= 11 is 0. The summed E-state index contributed by atoms with van der Waals surface area (Å²) < 4.78 is 0. The first-order chi connectivity index (χ1) is 5.65. The molecule has 12 heavy (non-hydrogen) atoms. The molecule has 1 saturated carbocycles. The molecule has 0 aliphatic heterocycles. The Hall–Kier alpha value is -0.0800. The van der Waals surface area contributed by atoms with E-state index in [0.717, 1.165) is 17.8 Å². The lowest BCUT2D eigenvalue weighted by Gasteiger charge is -2.36. The smallest absolute Gasteiger partial charge is 0.0243 e. The molecule has 0 bridgehead atoms. The van der Waals surface area contributed by atoms with Gasteiger partial charge in [-0.15, -0.1) is 0 Å². The molecule has 1 rings (SSSR count). The Labute approximate surface area is 75.9 Å². The van der Waals surface area contributed by atoms with Crippen LogP contribution in [0.25, 0.3) is 0 Å². The zero-order chi connectivity index (χ0) is 9.14. The van der Waals surface area contributed by atoms with Crippen molar-refractivity contribution >= 4 is 0 Å². The van der Waals surface area contributed by atoms with Crippen LogP contribution in [0.5, 0.6) is 0 Å². The Balaban J connectivity index is 2.50. The molecule has 0 amide bonds. The normalized spacial score (nSPS) is 37.2. The predicted octanol–water partition coefficient (Wildman–Crippen LogP) is 1.91. The highest BCUT2D eigenvalue weighted by Gasteiger charge is 2.29. The average Bonchev–Trinajstić information content (AvgIpc) is 2.03. The molecular weight excluding hydrogens is 148 g/mol. The highest BCUT2D eigenvalue weighted by molar-refractivity contribution is 4.83. The van der Waals surface area contributed by atoms with Gasteiger partial charge in [-0.05, 0) is 30.6 Å². The van der Waals surface area contributed by atoms with Crippen molar-refractivity contribution in [3.63, 3.8) is 0 Å². The van der Waals surface area contributed by atoms with E-state index in [4.69, 9.17) is 5.84 Å². The van der Waals surface area contributed by atoms with E-state index in [1.54, 1.807) is 0 Å². The van der Waals surface area contributed by atoms with E-state index in [2.05, 4.69) is 26.2 Å². The summed E-state index contributed by atoms with van der Waals surface area (Å²) in [7, 11) is 0. The van der Waals surface area contributed by atoms with Crippen LogP contribution in [0.4, 0.5) is 0 Å². The summed E-state index contributed by atoms with van der Waals surface area (Å²) in [6.45, 7) is 6.91. The van der Waals surface area contributed by atoms with Crippen LogP contribution in [0.3, 0.4) is 0 Å². The highest BCUT2D eigenvalue weighted by atomic mass is 15.2. The quantitative estimate of drug-likeness (QED) is 0.491. The topological polar surface area (TPSA) is 38.0 Å². The van der Waals surface area contributed by atoms with Gasteiger partial charge in [-0.3, -0.25) is 11.3 Å². The summed E-state index contributed by atoms with van der Waals surface area (Å²) in [6, 6.07) is 0.550. The minimum atomic E-state index is 0.550. The van der Waals surface area contributed by atoms with E-state index in [-0.39, 0.29) is 0 Å². The van der Waals surface area contributed by atoms with E-state index in [0.29, 0.717) is 6.04 Å². The fraction of sp³-hybridized carbons (Fsp3) is 1.00. The van der Waals surface area contributed by atoms with Gasteiger partial charge >= 0.3 is 0 Å². The maximum Gasteiger partial charge on any atom is 0.0243 e. The lowest BCUT2D eigenvalue weighted by atomic mass is 9.74. The maximum atomic E-state index is 5.54. The van der Waals surface area contributed by atoms with E-state index in [9.17, 15) is 0 Å². The molecule has 0 heterocycles. The second-order valence-electron chi connectivity index (χ2n) is 4.60.